The van der Waals surface area contributed by atoms with E-state index in [1.165, 1.54) is 92.5 Å². The zero-order valence-electron chi connectivity index (χ0n) is 25.7. The van der Waals surface area contributed by atoms with Gasteiger partial charge in [-0.2, -0.15) is 0 Å². The Morgan fingerprint density at radius 2 is 1.00 bits per heavy atom. The third-order valence-electron chi connectivity index (χ3n) is 8.59. The lowest BCUT2D eigenvalue weighted by molar-refractivity contribution is 0.183. The van der Waals surface area contributed by atoms with Crippen LogP contribution < -0.4 is 14.2 Å². The minimum Gasteiger partial charge on any atom is -0.497 e. The molecule has 3 aromatic carbocycles. The van der Waals surface area contributed by atoms with Crippen LogP contribution in [-0.4, -0.2) is 69.4 Å². The van der Waals surface area contributed by atoms with E-state index in [1.54, 1.807) is 7.11 Å². The van der Waals surface area contributed by atoms with Gasteiger partial charge in [0.05, 0.1) is 7.11 Å². The van der Waals surface area contributed by atoms with Crippen molar-refractivity contribution >= 4 is 5.57 Å². The van der Waals surface area contributed by atoms with Crippen molar-refractivity contribution < 1.29 is 14.2 Å². The second-order valence-electron chi connectivity index (χ2n) is 11.7. The van der Waals surface area contributed by atoms with Crippen LogP contribution in [0.5, 0.6) is 17.2 Å². The first-order valence-corrected chi connectivity index (χ1v) is 15.9. The Bertz CT molecular complexity index is 1170. The van der Waals surface area contributed by atoms with Crippen molar-refractivity contribution in [1.29, 1.82) is 0 Å². The first-order valence-electron chi connectivity index (χ1n) is 15.9. The summed E-state index contributed by atoms with van der Waals surface area (Å²) in [5.41, 5.74) is 6.23. The molecule has 2 fully saturated rings. The van der Waals surface area contributed by atoms with Gasteiger partial charge in [-0.3, -0.25) is 9.80 Å². The Hall–Kier alpha value is -3.28. The molecule has 0 radical (unpaired) electrons. The Kier molecular flexibility index (Phi) is 11.4. The highest BCUT2D eigenvalue weighted by atomic mass is 16.5. The van der Waals surface area contributed by atoms with Crippen LogP contribution in [0.15, 0.2) is 78.4 Å². The Morgan fingerprint density at radius 1 is 0.571 bits per heavy atom. The quantitative estimate of drug-likeness (QED) is 0.213. The molecule has 0 aromatic heterocycles. The Morgan fingerprint density at radius 3 is 1.43 bits per heavy atom. The number of rotatable bonds is 13. The van der Waals surface area contributed by atoms with E-state index in [1.807, 2.05) is 12.1 Å². The predicted molar refractivity (Wildman–Crippen MR) is 173 cm³/mol. The van der Waals surface area contributed by atoms with Crippen LogP contribution >= 0.6 is 0 Å². The van der Waals surface area contributed by atoms with E-state index in [4.69, 9.17) is 14.2 Å². The molecule has 5 rings (SSSR count). The highest BCUT2D eigenvalue weighted by molar-refractivity contribution is 5.82. The fourth-order valence-corrected chi connectivity index (χ4v) is 6.18. The molecule has 2 heterocycles. The maximum absolute atomic E-state index is 6.13. The maximum Gasteiger partial charge on any atom is 0.119 e. The number of nitrogens with zero attached hydrogens (tertiary/aromatic N) is 2. The number of hydrogen-bond donors (Lipinski definition) is 0. The summed E-state index contributed by atoms with van der Waals surface area (Å²) < 4.78 is 17.6. The van der Waals surface area contributed by atoms with Gasteiger partial charge in [-0.1, -0.05) is 54.8 Å². The average molecular weight is 569 g/mol. The number of allylic oxidation sites excluding steroid dienone is 1. The second kappa shape index (κ2) is 15.8. The number of benzene rings is 3. The summed E-state index contributed by atoms with van der Waals surface area (Å²) in [5, 5.41) is 0. The van der Waals surface area contributed by atoms with Gasteiger partial charge in [0.1, 0.15) is 30.5 Å². The van der Waals surface area contributed by atoms with Gasteiger partial charge in [-0.05, 0) is 124 Å². The first kappa shape index (κ1) is 30.2. The van der Waals surface area contributed by atoms with Crippen LogP contribution in [0.4, 0.5) is 0 Å². The highest BCUT2D eigenvalue weighted by Gasteiger charge is 2.13. The smallest absolute Gasteiger partial charge is 0.119 e. The van der Waals surface area contributed by atoms with Crippen molar-refractivity contribution in [3.63, 3.8) is 0 Å². The lowest BCUT2D eigenvalue weighted by Gasteiger charge is -2.26. The molecule has 0 N–H and O–H groups in total. The van der Waals surface area contributed by atoms with Crippen LogP contribution in [0, 0.1) is 0 Å². The van der Waals surface area contributed by atoms with Crippen LogP contribution in [-0.2, 0) is 6.42 Å². The Balaban J connectivity index is 1.28. The van der Waals surface area contributed by atoms with Gasteiger partial charge in [0.2, 0.25) is 0 Å². The largest absolute Gasteiger partial charge is 0.497 e. The van der Waals surface area contributed by atoms with E-state index >= 15 is 0 Å². The van der Waals surface area contributed by atoms with E-state index in [2.05, 4.69) is 77.4 Å². The van der Waals surface area contributed by atoms with Gasteiger partial charge in [0.25, 0.3) is 0 Å². The molecule has 0 bridgehead atoms. The third-order valence-corrected chi connectivity index (χ3v) is 8.59. The van der Waals surface area contributed by atoms with Crippen LogP contribution in [0.3, 0.4) is 0 Å². The lowest BCUT2D eigenvalue weighted by Crippen LogP contribution is -2.33. The topological polar surface area (TPSA) is 34.2 Å². The normalized spacial score (nSPS) is 16.1. The van der Waals surface area contributed by atoms with Crippen LogP contribution in [0.25, 0.3) is 5.57 Å². The van der Waals surface area contributed by atoms with Gasteiger partial charge in [-0.15, -0.1) is 0 Å². The molecule has 2 aliphatic heterocycles. The molecule has 224 valence electrons. The molecular formula is C37H48N2O3. The van der Waals surface area contributed by atoms with Gasteiger partial charge in [0, 0.05) is 13.1 Å². The fraction of sp³-hybridized carbons (Fsp3) is 0.459. The average Bonchev–Trinajstić information content (AvgIpc) is 3.04. The maximum atomic E-state index is 6.13. The zero-order chi connectivity index (χ0) is 29.0. The second-order valence-corrected chi connectivity index (χ2v) is 11.7. The molecule has 0 saturated carbocycles. The SMILES string of the molecule is COc1ccc(CC(C)=C(c2ccc(OCCN3CCCCC3)cc2)c2ccc(OCCN3CCCCC3)cc2)cc1. The number of piperidine rings is 2. The number of ether oxygens (including phenoxy) is 3. The van der Waals surface area contributed by atoms with Crippen molar-refractivity contribution in [3.05, 3.63) is 95.1 Å². The summed E-state index contributed by atoms with van der Waals surface area (Å²) in [5.74, 6) is 2.74. The van der Waals surface area contributed by atoms with Crippen molar-refractivity contribution in [2.75, 3.05) is 59.6 Å². The summed E-state index contributed by atoms with van der Waals surface area (Å²) in [7, 11) is 1.71. The van der Waals surface area contributed by atoms with Crippen molar-refractivity contribution in [3.8, 4) is 17.2 Å². The van der Waals surface area contributed by atoms with Crippen LogP contribution in [0.1, 0.15) is 62.1 Å². The molecule has 0 aliphatic carbocycles. The third kappa shape index (κ3) is 8.86. The number of likely N-dealkylation sites (tertiary alicyclic amines) is 2. The van der Waals surface area contributed by atoms with Crippen molar-refractivity contribution in [2.24, 2.45) is 0 Å². The highest BCUT2D eigenvalue weighted by Crippen LogP contribution is 2.31. The van der Waals surface area contributed by atoms with Gasteiger partial charge in [0.15, 0.2) is 0 Å². The minimum absolute atomic E-state index is 0.734. The van der Waals surface area contributed by atoms with E-state index in [-0.39, 0.29) is 0 Å². The lowest BCUT2D eigenvalue weighted by atomic mass is 9.90. The molecule has 0 amide bonds. The molecule has 5 nitrogen and oxygen atoms in total. The number of methoxy groups -OCH3 is 1. The Labute approximate surface area is 253 Å². The molecule has 3 aromatic rings. The fourth-order valence-electron chi connectivity index (χ4n) is 6.18. The summed E-state index contributed by atoms with van der Waals surface area (Å²) in [6.07, 6.45) is 8.83. The molecule has 5 heteroatoms. The summed E-state index contributed by atoms with van der Waals surface area (Å²) in [6, 6.07) is 25.6. The summed E-state index contributed by atoms with van der Waals surface area (Å²) in [4.78, 5) is 5.03. The van der Waals surface area contributed by atoms with E-state index in [0.717, 1.165) is 50.0 Å². The van der Waals surface area contributed by atoms with Crippen molar-refractivity contribution in [1.82, 2.24) is 9.80 Å². The molecule has 2 aliphatic rings. The summed E-state index contributed by atoms with van der Waals surface area (Å²) in [6.45, 7) is 10.5. The first-order chi connectivity index (χ1) is 20.7. The standard InChI is InChI=1S/C37H48N2O3/c1-30(29-31-9-15-34(40-2)16-10-31)37(32-11-17-35(18-12-32)41-27-25-38-21-5-3-6-22-38)33-13-19-36(20-14-33)42-28-26-39-23-7-4-8-24-39/h9-20H,3-8,21-29H2,1-2H3. The van der Waals surface area contributed by atoms with E-state index in [9.17, 15) is 0 Å². The summed E-state index contributed by atoms with van der Waals surface area (Å²) >= 11 is 0. The molecule has 0 atom stereocenters. The van der Waals surface area contributed by atoms with E-state index < -0.39 is 0 Å². The predicted octanol–water partition coefficient (Wildman–Crippen LogP) is 7.49. The molecule has 2 saturated heterocycles. The monoisotopic (exact) mass is 568 g/mol. The van der Waals surface area contributed by atoms with Gasteiger partial charge < -0.3 is 14.2 Å². The molecular weight excluding hydrogens is 520 g/mol. The van der Waals surface area contributed by atoms with Gasteiger partial charge >= 0.3 is 0 Å². The minimum atomic E-state index is 0.734. The van der Waals surface area contributed by atoms with E-state index in [0.29, 0.717) is 0 Å². The molecule has 0 unspecified atom stereocenters. The van der Waals surface area contributed by atoms with Crippen molar-refractivity contribution in [2.45, 2.75) is 51.9 Å². The zero-order valence-corrected chi connectivity index (χ0v) is 25.7. The molecule has 42 heavy (non-hydrogen) atoms. The molecule has 0 spiro atoms. The van der Waals surface area contributed by atoms with Crippen LogP contribution in [0.2, 0.25) is 0 Å². The van der Waals surface area contributed by atoms with Gasteiger partial charge in [-0.25, -0.2) is 0 Å². The number of hydrogen-bond acceptors (Lipinski definition) is 5.